The van der Waals surface area contributed by atoms with Crippen molar-refractivity contribution in [1.29, 1.82) is 0 Å². The lowest BCUT2D eigenvalue weighted by Gasteiger charge is -2.37. The SMILES string of the molecule is CC[C@@H](c1nnnn1CCOC)[NH+]1CCN(c2cccc(OC)c2)CC1. The maximum Gasteiger partial charge on any atom is 0.209 e. The molecule has 0 bridgehead atoms. The quantitative estimate of drug-likeness (QED) is 0.724. The van der Waals surface area contributed by atoms with E-state index in [0.717, 1.165) is 44.2 Å². The number of nitrogens with one attached hydrogen (secondary N) is 1. The molecule has 0 aliphatic carbocycles. The van der Waals surface area contributed by atoms with Gasteiger partial charge in [-0.2, -0.15) is 0 Å². The molecule has 0 saturated carbocycles. The van der Waals surface area contributed by atoms with E-state index in [0.29, 0.717) is 19.2 Å². The normalized spacial score (nSPS) is 16.7. The second kappa shape index (κ2) is 8.95. The Bertz CT molecular complexity index is 684. The molecule has 1 aliphatic rings. The van der Waals surface area contributed by atoms with Crippen LogP contribution in [0.3, 0.4) is 0 Å². The van der Waals surface area contributed by atoms with Crippen LogP contribution < -0.4 is 14.5 Å². The van der Waals surface area contributed by atoms with Gasteiger partial charge in [0, 0.05) is 25.3 Å². The molecule has 1 atom stereocenters. The molecular weight excluding hydrogens is 332 g/mol. The molecular formula is C18H29N6O2+. The lowest BCUT2D eigenvalue weighted by atomic mass is 10.1. The molecule has 0 unspecified atom stereocenters. The summed E-state index contributed by atoms with van der Waals surface area (Å²) in [5, 5.41) is 12.3. The first-order chi connectivity index (χ1) is 12.8. The van der Waals surface area contributed by atoms with Crippen LogP contribution >= 0.6 is 0 Å². The van der Waals surface area contributed by atoms with E-state index >= 15 is 0 Å². The van der Waals surface area contributed by atoms with Crippen molar-refractivity contribution in [2.24, 2.45) is 0 Å². The molecule has 2 aromatic rings. The smallest absolute Gasteiger partial charge is 0.209 e. The number of hydrogen-bond acceptors (Lipinski definition) is 6. The van der Waals surface area contributed by atoms with Gasteiger partial charge in [0.05, 0.1) is 46.4 Å². The van der Waals surface area contributed by atoms with Gasteiger partial charge in [-0.15, -0.1) is 5.10 Å². The monoisotopic (exact) mass is 361 g/mol. The fourth-order valence-electron chi connectivity index (χ4n) is 3.66. The van der Waals surface area contributed by atoms with E-state index in [1.807, 2.05) is 16.8 Å². The van der Waals surface area contributed by atoms with Crippen molar-refractivity contribution in [1.82, 2.24) is 20.2 Å². The largest absolute Gasteiger partial charge is 0.497 e. The number of anilines is 1. The summed E-state index contributed by atoms with van der Waals surface area (Å²) >= 11 is 0. The van der Waals surface area contributed by atoms with Gasteiger partial charge in [-0.25, -0.2) is 4.68 Å². The topological polar surface area (TPSA) is 69.7 Å². The van der Waals surface area contributed by atoms with Crippen LogP contribution in [0.1, 0.15) is 25.2 Å². The predicted octanol–water partition coefficient (Wildman–Crippen LogP) is 0.184. The fourth-order valence-corrected chi connectivity index (χ4v) is 3.66. The van der Waals surface area contributed by atoms with Crippen LogP contribution in [-0.4, -0.2) is 67.2 Å². The number of methoxy groups -OCH3 is 2. The molecule has 1 fully saturated rings. The zero-order valence-electron chi connectivity index (χ0n) is 15.9. The molecule has 8 nitrogen and oxygen atoms in total. The standard InChI is InChI=1S/C18H28N6O2/c1-4-17(18-19-20-21-24(18)12-13-25-2)23-10-8-22(9-11-23)15-6-5-7-16(14-15)26-3/h5-7,14,17H,4,8-13H2,1-3H3/p+1/t17-/m0/s1. The molecule has 1 N–H and O–H groups in total. The second-order valence-electron chi connectivity index (χ2n) is 6.56. The Kier molecular flexibility index (Phi) is 6.40. The Morgan fingerprint density at radius 2 is 2.04 bits per heavy atom. The first kappa shape index (κ1) is 18.6. The third kappa shape index (κ3) is 4.13. The van der Waals surface area contributed by atoms with Gasteiger partial charge in [-0.1, -0.05) is 13.0 Å². The van der Waals surface area contributed by atoms with Crippen LogP contribution in [0.15, 0.2) is 24.3 Å². The molecule has 8 heteroatoms. The molecule has 0 amide bonds. The van der Waals surface area contributed by atoms with Gasteiger partial charge in [-0.05, 0) is 22.6 Å². The molecule has 0 radical (unpaired) electrons. The maximum atomic E-state index is 5.35. The van der Waals surface area contributed by atoms with Crippen LogP contribution in [0.25, 0.3) is 0 Å². The number of rotatable bonds is 8. The predicted molar refractivity (Wildman–Crippen MR) is 98.6 cm³/mol. The molecule has 1 aromatic carbocycles. The highest BCUT2D eigenvalue weighted by atomic mass is 16.5. The van der Waals surface area contributed by atoms with Gasteiger partial charge in [0.1, 0.15) is 11.8 Å². The molecule has 1 saturated heterocycles. The first-order valence-electron chi connectivity index (χ1n) is 9.25. The fraction of sp³-hybridized carbons (Fsp3) is 0.611. The van der Waals surface area contributed by atoms with Gasteiger partial charge in [0.15, 0.2) is 0 Å². The van der Waals surface area contributed by atoms with Crippen LogP contribution in [0.2, 0.25) is 0 Å². The van der Waals surface area contributed by atoms with Gasteiger partial charge >= 0.3 is 0 Å². The number of tetrazole rings is 1. The average molecular weight is 361 g/mol. The van der Waals surface area contributed by atoms with E-state index in [9.17, 15) is 0 Å². The lowest BCUT2D eigenvalue weighted by Crippen LogP contribution is -3.15. The number of piperazine rings is 1. The van der Waals surface area contributed by atoms with Crippen molar-refractivity contribution in [3.63, 3.8) is 0 Å². The molecule has 1 aliphatic heterocycles. The third-order valence-corrected chi connectivity index (χ3v) is 5.10. The second-order valence-corrected chi connectivity index (χ2v) is 6.56. The van der Waals surface area contributed by atoms with E-state index < -0.39 is 0 Å². The van der Waals surface area contributed by atoms with E-state index in [2.05, 4.69) is 39.5 Å². The summed E-state index contributed by atoms with van der Waals surface area (Å²) in [6, 6.07) is 8.60. The van der Waals surface area contributed by atoms with Crippen molar-refractivity contribution in [3.05, 3.63) is 30.1 Å². The summed E-state index contributed by atoms with van der Waals surface area (Å²) in [7, 11) is 3.41. The van der Waals surface area contributed by atoms with Crippen molar-refractivity contribution >= 4 is 5.69 Å². The van der Waals surface area contributed by atoms with Crippen LogP contribution in [0.5, 0.6) is 5.75 Å². The van der Waals surface area contributed by atoms with E-state index in [4.69, 9.17) is 9.47 Å². The van der Waals surface area contributed by atoms with E-state index in [-0.39, 0.29) is 0 Å². The molecule has 3 rings (SSSR count). The number of hydrogen-bond donors (Lipinski definition) is 1. The molecule has 1 aromatic heterocycles. The zero-order valence-corrected chi connectivity index (χ0v) is 15.9. The summed E-state index contributed by atoms with van der Waals surface area (Å²) in [4.78, 5) is 3.97. The Labute approximate surface area is 154 Å². The Morgan fingerprint density at radius 1 is 1.23 bits per heavy atom. The number of quaternary nitrogens is 1. The van der Waals surface area contributed by atoms with Gasteiger partial charge < -0.3 is 19.3 Å². The number of benzene rings is 1. The van der Waals surface area contributed by atoms with Crippen LogP contribution in [-0.2, 0) is 11.3 Å². The Hall–Kier alpha value is -2.19. The first-order valence-corrected chi connectivity index (χ1v) is 9.25. The highest BCUT2D eigenvalue weighted by molar-refractivity contribution is 5.50. The molecule has 26 heavy (non-hydrogen) atoms. The summed E-state index contributed by atoms with van der Waals surface area (Å²) in [5.41, 5.74) is 1.22. The maximum absolute atomic E-state index is 5.35. The minimum absolute atomic E-state index is 0.314. The Morgan fingerprint density at radius 3 is 2.73 bits per heavy atom. The minimum atomic E-state index is 0.314. The average Bonchev–Trinajstić information content (AvgIpc) is 3.16. The molecule has 142 valence electrons. The summed E-state index contributed by atoms with van der Waals surface area (Å²) < 4.78 is 12.4. The summed E-state index contributed by atoms with van der Waals surface area (Å²) in [5.74, 6) is 1.87. The lowest BCUT2D eigenvalue weighted by molar-refractivity contribution is -0.933. The Balaban J connectivity index is 1.65. The minimum Gasteiger partial charge on any atom is -0.497 e. The highest BCUT2D eigenvalue weighted by Gasteiger charge is 2.31. The van der Waals surface area contributed by atoms with Gasteiger partial charge in [-0.3, -0.25) is 0 Å². The van der Waals surface area contributed by atoms with Crippen LogP contribution in [0, 0.1) is 0 Å². The van der Waals surface area contributed by atoms with Crippen molar-refractivity contribution < 1.29 is 14.4 Å². The van der Waals surface area contributed by atoms with Gasteiger partial charge in [0.2, 0.25) is 5.82 Å². The van der Waals surface area contributed by atoms with Crippen LogP contribution in [0.4, 0.5) is 5.69 Å². The molecule has 2 heterocycles. The number of aromatic nitrogens is 4. The number of ether oxygens (including phenoxy) is 2. The van der Waals surface area contributed by atoms with E-state index in [1.165, 1.54) is 5.69 Å². The number of nitrogens with zero attached hydrogens (tertiary/aromatic N) is 5. The molecule has 0 spiro atoms. The third-order valence-electron chi connectivity index (χ3n) is 5.10. The summed E-state index contributed by atoms with van der Waals surface area (Å²) in [6.45, 7) is 7.67. The van der Waals surface area contributed by atoms with Crippen molar-refractivity contribution in [2.75, 3.05) is 51.9 Å². The summed E-state index contributed by atoms with van der Waals surface area (Å²) in [6.07, 6.45) is 1.02. The van der Waals surface area contributed by atoms with Crippen molar-refractivity contribution in [2.45, 2.75) is 25.9 Å². The highest BCUT2D eigenvalue weighted by Crippen LogP contribution is 2.21. The van der Waals surface area contributed by atoms with Gasteiger partial charge in [0.25, 0.3) is 0 Å². The van der Waals surface area contributed by atoms with Crippen molar-refractivity contribution in [3.8, 4) is 5.75 Å². The van der Waals surface area contributed by atoms with E-state index in [1.54, 1.807) is 19.1 Å². The zero-order chi connectivity index (χ0) is 18.4.